The summed E-state index contributed by atoms with van der Waals surface area (Å²) in [6.07, 6.45) is 4.05. The number of aromatic nitrogens is 1. The number of fused-ring (bicyclic) bond motifs is 1. The molecule has 0 amide bonds. The maximum atomic E-state index is 11.2. The molecule has 19 heavy (non-hydrogen) atoms. The Balaban J connectivity index is 2.23. The molecule has 4 nitrogen and oxygen atoms in total. The Morgan fingerprint density at radius 3 is 2.68 bits per heavy atom. The van der Waals surface area contributed by atoms with Crippen LogP contribution in [-0.4, -0.2) is 32.0 Å². The van der Waals surface area contributed by atoms with Gasteiger partial charge in [0.1, 0.15) is 9.84 Å². The third-order valence-electron chi connectivity index (χ3n) is 3.15. The van der Waals surface area contributed by atoms with Crippen molar-refractivity contribution < 1.29 is 8.42 Å². The van der Waals surface area contributed by atoms with Crippen LogP contribution in [0.25, 0.3) is 10.9 Å². The van der Waals surface area contributed by atoms with Gasteiger partial charge in [0.15, 0.2) is 0 Å². The fourth-order valence-corrected chi connectivity index (χ4v) is 2.99. The summed E-state index contributed by atoms with van der Waals surface area (Å²) in [6, 6.07) is 8.23. The number of aryl methyl sites for hydroxylation is 1. The van der Waals surface area contributed by atoms with Crippen LogP contribution in [0, 0.1) is 0 Å². The van der Waals surface area contributed by atoms with Gasteiger partial charge in [0.2, 0.25) is 0 Å². The molecule has 1 aromatic heterocycles. The standard InChI is InChI=1S/C14H20N2O2S/c1-15-10-12-11-16(8-5-9-19(2,17)18)14-7-4-3-6-13(12)14/h3-4,6-7,11,15H,5,8-10H2,1-2H3. The van der Waals surface area contributed by atoms with E-state index in [1.165, 1.54) is 22.7 Å². The number of rotatable bonds is 6. The quantitative estimate of drug-likeness (QED) is 0.878. The first-order valence-corrected chi connectivity index (χ1v) is 8.46. The van der Waals surface area contributed by atoms with Crippen molar-refractivity contribution >= 4 is 20.7 Å². The van der Waals surface area contributed by atoms with Gasteiger partial charge in [0.25, 0.3) is 0 Å². The van der Waals surface area contributed by atoms with Crippen molar-refractivity contribution in [3.05, 3.63) is 36.0 Å². The minimum absolute atomic E-state index is 0.237. The molecule has 0 radical (unpaired) electrons. The molecule has 0 unspecified atom stereocenters. The van der Waals surface area contributed by atoms with Crippen molar-refractivity contribution in [2.45, 2.75) is 19.5 Å². The number of benzene rings is 1. The SMILES string of the molecule is CNCc1cn(CCCS(C)(=O)=O)c2ccccc12. The van der Waals surface area contributed by atoms with Crippen molar-refractivity contribution in [1.29, 1.82) is 0 Å². The molecular weight excluding hydrogens is 260 g/mol. The van der Waals surface area contributed by atoms with Crippen LogP contribution >= 0.6 is 0 Å². The maximum absolute atomic E-state index is 11.2. The number of hydrogen-bond donors (Lipinski definition) is 1. The molecule has 2 rings (SSSR count). The highest BCUT2D eigenvalue weighted by molar-refractivity contribution is 7.90. The van der Waals surface area contributed by atoms with Gasteiger partial charge in [0, 0.05) is 36.4 Å². The Labute approximate surface area is 114 Å². The van der Waals surface area contributed by atoms with Gasteiger partial charge in [-0.2, -0.15) is 0 Å². The third kappa shape index (κ3) is 3.58. The molecule has 0 spiro atoms. The smallest absolute Gasteiger partial charge is 0.147 e. The first-order chi connectivity index (χ1) is 9.01. The molecule has 0 aliphatic rings. The Morgan fingerprint density at radius 2 is 2.00 bits per heavy atom. The van der Waals surface area contributed by atoms with E-state index in [1.54, 1.807) is 0 Å². The van der Waals surface area contributed by atoms with Gasteiger partial charge in [0.05, 0.1) is 5.75 Å². The van der Waals surface area contributed by atoms with Crippen LogP contribution in [0.2, 0.25) is 0 Å². The van der Waals surface area contributed by atoms with E-state index >= 15 is 0 Å². The van der Waals surface area contributed by atoms with E-state index in [2.05, 4.69) is 28.2 Å². The molecule has 1 aromatic carbocycles. The van der Waals surface area contributed by atoms with E-state index in [1.807, 2.05) is 19.2 Å². The normalized spacial score (nSPS) is 12.1. The average molecular weight is 280 g/mol. The summed E-state index contributed by atoms with van der Waals surface area (Å²) in [6.45, 7) is 1.55. The maximum Gasteiger partial charge on any atom is 0.147 e. The zero-order valence-electron chi connectivity index (χ0n) is 11.4. The summed E-state index contributed by atoms with van der Waals surface area (Å²) in [5.74, 6) is 0.237. The van der Waals surface area contributed by atoms with Gasteiger partial charge >= 0.3 is 0 Å². The lowest BCUT2D eigenvalue weighted by Crippen LogP contribution is -2.07. The second-order valence-corrected chi connectivity index (χ2v) is 7.14. The van der Waals surface area contributed by atoms with Crippen LogP contribution in [0.15, 0.2) is 30.5 Å². The van der Waals surface area contributed by atoms with Gasteiger partial charge in [-0.3, -0.25) is 0 Å². The highest BCUT2D eigenvalue weighted by atomic mass is 32.2. The van der Waals surface area contributed by atoms with E-state index in [9.17, 15) is 8.42 Å². The molecule has 0 saturated carbocycles. The van der Waals surface area contributed by atoms with E-state index in [0.29, 0.717) is 6.42 Å². The van der Waals surface area contributed by atoms with Gasteiger partial charge in [-0.05, 0) is 25.1 Å². The Morgan fingerprint density at radius 1 is 1.26 bits per heavy atom. The van der Waals surface area contributed by atoms with E-state index in [4.69, 9.17) is 0 Å². The zero-order valence-corrected chi connectivity index (χ0v) is 12.2. The van der Waals surface area contributed by atoms with Crippen molar-refractivity contribution in [2.24, 2.45) is 0 Å². The summed E-state index contributed by atoms with van der Waals surface area (Å²) >= 11 is 0. The van der Waals surface area contributed by atoms with Gasteiger partial charge < -0.3 is 9.88 Å². The fraction of sp³-hybridized carbons (Fsp3) is 0.429. The number of hydrogen-bond acceptors (Lipinski definition) is 3. The van der Waals surface area contributed by atoms with Crippen LogP contribution < -0.4 is 5.32 Å². The molecular formula is C14H20N2O2S. The van der Waals surface area contributed by atoms with Crippen LogP contribution in [0.4, 0.5) is 0 Å². The van der Waals surface area contributed by atoms with Gasteiger partial charge in [-0.15, -0.1) is 0 Å². The highest BCUT2D eigenvalue weighted by Gasteiger charge is 2.08. The Hall–Kier alpha value is -1.33. The molecule has 0 aliphatic carbocycles. The lowest BCUT2D eigenvalue weighted by atomic mass is 10.2. The van der Waals surface area contributed by atoms with Crippen molar-refractivity contribution in [1.82, 2.24) is 9.88 Å². The van der Waals surface area contributed by atoms with Gasteiger partial charge in [-0.25, -0.2) is 8.42 Å². The van der Waals surface area contributed by atoms with Crippen LogP contribution in [0.3, 0.4) is 0 Å². The molecule has 2 aromatic rings. The number of sulfone groups is 1. The van der Waals surface area contributed by atoms with Crippen molar-refractivity contribution in [3.63, 3.8) is 0 Å². The molecule has 0 bridgehead atoms. The number of nitrogens with zero attached hydrogens (tertiary/aromatic N) is 1. The molecule has 1 N–H and O–H groups in total. The predicted octanol–water partition coefficient (Wildman–Crippen LogP) is 1.80. The lowest BCUT2D eigenvalue weighted by molar-refractivity contribution is 0.593. The van der Waals surface area contributed by atoms with E-state index in [-0.39, 0.29) is 5.75 Å². The second-order valence-electron chi connectivity index (χ2n) is 4.88. The lowest BCUT2D eigenvalue weighted by Gasteiger charge is -2.04. The highest BCUT2D eigenvalue weighted by Crippen LogP contribution is 2.21. The van der Waals surface area contributed by atoms with E-state index in [0.717, 1.165) is 13.1 Å². The molecule has 0 fully saturated rings. The predicted molar refractivity (Wildman–Crippen MR) is 79.0 cm³/mol. The average Bonchev–Trinajstić information content (AvgIpc) is 2.68. The summed E-state index contributed by atoms with van der Waals surface area (Å²) in [5.41, 5.74) is 2.42. The number of para-hydroxylation sites is 1. The van der Waals surface area contributed by atoms with Crippen LogP contribution in [0.5, 0.6) is 0 Å². The zero-order chi connectivity index (χ0) is 13.9. The van der Waals surface area contributed by atoms with Crippen LogP contribution in [-0.2, 0) is 22.9 Å². The first kappa shape index (κ1) is 14.1. The molecule has 0 aliphatic heterocycles. The van der Waals surface area contributed by atoms with Gasteiger partial charge in [-0.1, -0.05) is 18.2 Å². The first-order valence-electron chi connectivity index (χ1n) is 6.40. The second kappa shape index (κ2) is 5.75. The topological polar surface area (TPSA) is 51.1 Å². The summed E-state index contributed by atoms with van der Waals surface area (Å²) in [7, 11) is -0.950. The van der Waals surface area contributed by atoms with E-state index < -0.39 is 9.84 Å². The van der Waals surface area contributed by atoms with Crippen molar-refractivity contribution in [2.75, 3.05) is 19.1 Å². The largest absolute Gasteiger partial charge is 0.347 e. The summed E-state index contributed by atoms with van der Waals surface area (Å²) in [5, 5.41) is 4.39. The minimum Gasteiger partial charge on any atom is -0.347 e. The number of nitrogens with one attached hydrogen (secondary N) is 1. The van der Waals surface area contributed by atoms with Crippen molar-refractivity contribution in [3.8, 4) is 0 Å². The molecule has 1 heterocycles. The minimum atomic E-state index is -2.88. The monoisotopic (exact) mass is 280 g/mol. The Kier molecular flexibility index (Phi) is 4.27. The fourth-order valence-electron chi connectivity index (χ4n) is 2.34. The summed E-state index contributed by atoms with van der Waals surface area (Å²) in [4.78, 5) is 0. The molecule has 0 saturated heterocycles. The molecule has 5 heteroatoms. The Bertz CT molecular complexity index is 659. The summed E-state index contributed by atoms with van der Waals surface area (Å²) < 4.78 is 24.5. The molecule has 0 atom stereocenters. The molecule has 104 valence electrons. The third-order valence-corrected chi connectivity index (χ3v) is 4.18. The van der Waals surface area contributed by atoms with Crippen LogP contribution in [0.1, 0.15) is 12.0 Å².